The standard InChI is InChI=1S/C11H16BN/c1-9(2)13(12)10(3)11-7-5-4-6-8-11/h4-10H,1-3H3/t10-/m1/s1. The predicted octanol–water partition coefficient (Wildman–Crippen LogP) is 2.54. The van der Waals surface area contributed by atoms with Crippen LogP contribution in [-0.2, 0) is 0 Å². The smallest absolute Gasteiger partial charge is 0.183 e. The molecule has 13 heavy (non-hydrogen) atoms. The minimum Gasteiger partial charge on any atom is -0.346 e. The van der Waals surface area contributed by atoms with Crippen LogP contribution in [-0.4, -0.2) is 18.8 Å². The molecule has 0 aliphatic rings. The van der Waals surface area contributed by atoms with Crippen molar-refractivity contribution >= 4 is 7.98 Å². The minimum absolute atomic E-state index is 0.279. The molecule has 0 unspecified atom stereocenters. The normalized spacial score (nSPS) is 13.6. The van der Waals surface area contributed by atoms with E-state index in [0.29, 0.717) is 6.04 Å². The van der Waals surface area contributed by atoms with Gasteiger partial charge >= 0.3 is 0 Å². The Morgan fingerprint density at radius 3 is 2.08 bits per heavy atom. The number of rotatable bonds is 3. The van der Waals surface area contributed by atoms with Gasteiger partial charge in [0.25, 0.3) is 0 Å². The second kappa shape index (κ2) is 4.47. The molecular formula is C11H16BN. The van der Waals surface area contributed by atoms with Crippen LogP contribution in [0.5, 0.6) is 0 Å². The molecule has 0 aromatic heterocycles. The van der Waals surface area contributed by atoms with Crippen LogP contribution in [0.3, 0.4) is 0 Å². The lowest BCUT2D eigenvalue weighted by atomic mass is 10.0. The molecule has 1 nitrogen and oxygen atoms in total. The van der Waals surface area contributed by atoms with Crippen molar-refractivity contribution in [3.8, 4) is 0 Å². The molecule has 0 spiro atoms. The average Bonchev–Trinajstić information content (AvgIpc) is 2.17. The monoisotopic (exact) mass is 173 g/mol. The van der Waals surface area contributed by atoms with E-state index in [9.17, 15) is 0 Å². The number of benzene rings is 1. The molecule has 2 radical (unpaired) electrons. The van der Waals surface area contributed by atoms with Gasteiger partial charge in [-0.25, -0.2) is 0 Å². The summed E-state index contributed by atoms with van der Waals surface area (Å²) < 4.78 is 0. The average molecular weight is 173 g/mol. The lowest BCUT2D eigenvalue weighted by Crippen LogP contribution is -2.30. The number of hydrogen-bond acceptors (Lipinski definition) is 1. The van der Waals surface area contributed by atoms with Crippen LogP contribution in [0, 0.1) is 0 Å². The quantitative estimate of drug-likeness (QED) is 0.635. The van der Waals surface area contributed by atoms with Crippen LogP contribution in [0.4, 0.5) is 0 Å². The van der Waals surface area contributed by atoms with Gasteiger partial charge in [0.1, 0.15) is 0 Å². The van der Waals surface area contributed by atoms with E-state index in [4.69, 9.17) is 7.98 Å². The van der Waals surface area contributed by atoms with Gasteiger partial charge < -0.3 is 4.81 Å². The zero-order valence-electron chi connectivity index (χ0n) is 8.57. The number of nitrogens with zero attached hydrogens (tertiary/aromatic N) is 1. The van der Waals surface area contributed by atoms with Crippen LogP contribution in [0.2, 0.25) is 0 Å². The largest absolute Gasteiger partial charge is 0.346 e. The Balaban J connectivity index is 2.73. The summed E-state index contributed by atoms with van der Waals surface area (Å²) in [6.07, 6.45) is 0. The topological polar surface area (TPSA) is 3.24 Å². The molecule has 0 saturated heterocycles. The van der Waals surface area contributed by atoms with E-state index in [1.165, 1.54) is 5.56 Å². The van der Waals surface area contributed by atoms with Gasteiger partial charge in [0.15, 0.2) is 7.98 Å². The van der Waals surface area contributed by atoms with Gasteiger partial charge in [-0.2, -0.15) is 0 Å². The first-order chi connectivity index (χ1) is 6.13. The Morgan fingerprint density at radius 1 is 1.08 bits per heavy atom. The highest BCUT2D eigenvalue weighted by atomic mass is 15.1. The first-order valence-corrected chi connectivity index (χ1v) is 4.71. The van der Waals surface area contributed by atoms with E-state index in [2.05, 4.69) is 32.9 Å². The minimum atomic E-state index is 0.279. The molecular weight excluding hydrogens is 157 g/mol. The highest BCUT2D eigenvalue weighted by molar-refractivity contribution is 6.04. The Bertz CT molecular complexity index is 246. The van der Waals surface area contributed by atoms with Crippen molar-refractivity contribution in [2.75, 3.05) is 0 Å². The highest BCUT2D eigenvalue weighted by Crippen LogP contribution is 2.19. The van der Waals surface area contributed by atoms with Crippen molar-refractivity contribution in [1.82, 2.24) is 4.81 Å². The Hall–Kier alpha value is -0.755. The molecule has 0 aliphatic carbocycles. The van der Waals surface area contributed by atoms with E-state index in [1.807, 2.05) is 23.0 Å². The molecule has 0 aliphatic heterocycles. The first-order valence-electron chi connectivity index (χ1n) is 4.71. The molecule has 0 heterocycles. The number of hydrogen-bond donors (Lipinski definition) is 0. The second-order valence-electron chi connectivity index (χ2n) is 3.63. The zero-order chi connectivity index (χ0) is 9.84. The zero-order valence-corrected chi connectivity index (χ0v) is 8.57. The molecule has 1 aromatic rings. The highest BCUT2D eigenvalue weighted by Gasteiger charge is 2.12. The van der Waals surface area contributed by atoms with Crippen molar-refractivity contribution in [2.45, 2.75) is 32.9 Å². The molecule has 0 fully saturated rings. The maximum atomic E-state index is 5.93. The summed E-state index contributed by atoms with van der Waals surface area (Å²) >= 11 is 0. The third kappa shape index (κ3) is 2.59. The van der Waals surface area contributed by atoms with Crippen molar-refractivity contribution < 1.29 is 0 Å². The summed E-state index contributed by atoms with van der Waals surface area (Å²) in [7, 11) is 5.93. The molecule has 0 N–H and O–H groups in total. The van der Waals surface area contributed by atoms with Gasteiger partial charge in [-0.1, -0.05) is 44.2 Å². The Morgan fingerprint density at radius 2 is 1.62 bits per heavy atom. The maximum absolute atomic E-state index is 5.93. The van der Waals surface area contributed by atoms with Gasteiger partial charge in [0.05, 0.1) is 0 Å². The van der Waals surface area contributed by atoms with Crippen molar-refractivity contribution in [3.63, 3.8) is 0 Å². The third-order valence-electron chi connectivity index (χ3n) is 2.33. The van der Waals surface area contributed by atoms with Gasteiger partial charge in [0.2, 0.25) is 0 Å². The molecule has 1 atom stereocenters. The fourth-order valence-corrected chi connectivity index (χ4v) is 1.35. The van der Waals surface area contributed by atoms with E-state index in [1.54, 1.807) is 0 Å². The predicted molar refractivity (Wildman–Crippen MR) is 57.6 cm³/mol. The van der Waals surface area contributed by atoms with Crippen LogP contribution >= 0.6 is 0 Å². The molecule has 1 rings (SSSR count). The van der Waals surface area contributed by atoms with Gasteiger partial charge in [-0.05, 0) is 18.5 Å². The maximum Gasteiger partial charge on any atom is 0.183 e. The van der Waals surface area contributed by atoms with E-state index >= 15 is 0 Å². The fourth-order valence-electron chi connectivity index (χ4n) is 1.35. The first kappa shape index (κ1) is 10.3. The molecule has 0 saturated carbocycles. The summed E-state index contributed by atoms with van der Waals surface area (Å²) in [4.78, 5) is 1.87. The van der Waals surface area contributed by atoms with E-state index in [-0.39, 0.29) is 6.04 Å². The van der Waals surface area contributed by atoms with Crippen molar-refractivity contribution in [2.24, 2.45) is 0 Å². The summed E-state index contributed by atoms with van der Waals surface area (Å²) in [5.41, 5.74) is 1.26. The molecule has 1 aromatic carbocycles. The van der Waals surface area contributed by atoms with E-state index in [0.717, 1.165) is 0 Å². The third-order valence-corrected chi connectivity index (χ3v) is 2.33. The molecule has 0 bridgehead atoms. The summed E-state index contributed by atoms with van der Waals surface area (Å²) in [6.45, 7) is 6.31. The SMILES string of the molecule is [B]N(C(C)C)[C@H](C)c1ccccc1. The van der Waals surface area contributed by atoms with Crippen molar-refractivity contribution in [3.05, 3.63) is 35.9 Å². The second-order valence-corrected chi connectivity index (χ2v) is 3.63. The van der Waals surface area contributed by atoms with Gasteiger partial charge in [-0.15, -0.1) is 0 Å². The van der Waals surface area contributed by atoms with Gasteiger partial charge in [-0.3, -0.25) is 0 Å². The summed E-state index contributed by atoms with van der Waals surface area (Å²) in [5, 5.41) is 0. The molecule has 2 heteroatoms. The lowest BCUT2D eigenvalue weighted by Gasteiger charge is -2.29. The van der Waals surface area contributed by atoms with Crippen LogP contribution < -0.4 is 0 Å². The fraction of sp³-hybridized carbons (Fsp3) is 0.455. The van der Waals surface area contributed by atoms with Crippen LogP contribution in [0.15, 0.2) is 30.3 Å². The van der Waals surface area contributed by atoms with Crippen LogP contribution in [0.1, 0.15) is 32.4 Å². The molecule has 0 amide bonds. The molecule has 68 valence electrons. The summed E-state index contributed by atoms with van der Waals surface area (Å²) in [5.74, 6) is 0. The Kier molecular flexibility index (Phi) is 3.55. The van der Waals surface area contributed by atoms with Crippen LogP contribution in [0.25, 0.3) is 0 Å². The van der Waals surface area contributed by atoms with Gasteiger partial charge in [0, 0.05) is 6.04 Å². The summed E-state index contributed by atoms with van der Waals surface area (Å²) in [6, 6.07) is 11.0. The van der Waals surface area contributed by atoms with E-state index < -0.39 is 0 Å². The lowest BCUT2D eigenvalue weighted by molar-refractivity contribution is 0.308. The Labute approximate surface area is 82.2 Å². The van der Waals surface area contributed by atoms with Crippen molar-refractivity contribution in [1.29, 1.82) is 0 Å².